The molecule has 5 N–H and O–H groups in total. The van der Waals surface area contributed by atoms with Gasteiger partial charge in [-0.25, -0.2) is 9.97 Å². The van der Waals surface area contributed by atoms with Crippen molar-refractivity contribution in [2.45, 2.75) is 96.3 Å². The van der Waals surface area contributed by atoms with E-state index >= 15 is 0 Å². The maximum Gasteiger partial charge on any atom is 0.309 e. The summed E-state index contributed by atoms with van der Waals surface area (Å²) in [5.41, 5.74) is 7.45. The Labute approximate surface area is 334 Å². The Morgan fingerprint density at radius 2 is 1.71 bits per heavy atom. The first-order chi connectivity index (χ1) is 26.6. The molecule has 1 saturated heterocycles. The number of halogens is 2. The normalized spacial score (nSPS) is 22.0. The molecule has 0 spiro atoms. The quantitative estimate of drug-likeness (QED) is 0.0790. The number of nitrogens with one attached hydrogen (secondary N) is 4. The molecule has 4 fully saturated rings. The fourth-order valence-corrected chi connectivity index (χ4v) is 10.1. The van der Waals surface area contributed by atoms with Crippen LogP contribution in [0.1, 0.15) is 80.1 Å². The number of anilines is 2. The number of rotatable bonds is 13. The third kappa shape index (κ3) is 7.45. The van der Waals surface area contributed by atoms with Crippen LogP contribution in [0.3, 0.4) is 0 Å². The Balaban J connectivity index is 0.999. The minimum atomic E-state index is -0.639. The lowest BCUT2D eigenvalue weighted by molar-refractivity contribution is -0.156. The summed E-state index contributed by atoms with van der Waals surface area (Å²) in [7, 11) is 0. The lowest BCUT2D eigenvalue weighted by atomic mass is 9.57. The Bertz CT molecular complexity index is 2270. The molecule has 2 aromatic carbocycles. The van der Waals surface area contributed by atoms with Crippen molar-refractivity contribution in [1.29, 1.82) is 0 Å². The maximum absolute atomic E-state index is 11.9. The van der Waals surface area contributed by atoms with Crippen molar-refractivity contribution in [1.82, 2.24) is 30.9 Å². The van der Waals surface area contributed by atoms with Gasteiger partial charge in [-0.15, -0.1) is 11.3 Å². The molecule has 5 aromatic rings. The van der Waals surface area contributed by atoms with Gasteiger partial charge in [0.05, 0.1) is 31.5 Å². The minimum Gasteiger partial charge on any atom is -0.481 e. The molecule has 0 unspecified atom stereocenters. The van der Waals surface area contributed by atoms with Crippen molar-refractivity contribution in [2.24, 2.45) is 5.41 Å². The fraction of sp³-hybridized carbons (Fsp3) is 0.405. The van der Waals surface area contributed by atoms with E-state index in [-0.39, 0.29) is 17.5 Å². The number of carbonyl (C=O) groups is 2. The number of nitrogens with zero attached hydrogens (tertiary/aromatic N) is 3. The van der Waals surface area contributed by atoms with Crippen molar-refractivity contribution in [3.8, 4) is 22.4 Å². The Morgan fingerprint density at radius 3 is 2.42 bits per heavy atom. The average molecular weight is 799 g/mol. The molecule has 10 nitrogen and oxygen atoms in total. The second kappa shape index (κ2) is 15.4. The van der Waals surface area contributed by atoms with E-state index in [1.165, 1.54) is 5.56 Å². The van der Waals surface area contributed by atoms with Crippen LogP contribution in [-0.2, 0) is 29.1 Å². The molecule has 55 heavy (non-hydrogen) atoms. The van der Waals surface area contributed by atoms with E-state index in [9.17, 15) is 14.7 Å². The number of aromatic nitrogens is 3. The van der Waals surface area contributed by atoms with E-state index in [4.69, 9.17) is 33.2 Å². The van der Waals surface area contributed by atoms with Crippen LogP contribution in [0, 0.1) is 12.3 Å². The predicted molar refractivity (Wildman–Crippen MR) is 220 cm³/mol. The Kier molecular flexibility index (Phi) is 10.6. The average Bonchev–Trinajstić information content (AvgIpc) is 3.82. The number of benzene rings is 2. The number of hydrogen-bond acceptors (Lipinski definition) is 9. The van der Waals surface area contributed by atoms with Gasteiger partial charge < -0.3 is 26.4 Å². The van der Waals surface area contributed by atoms with E-state index in [1.807, 2.05) is 42.5 Å². The molecule has 9 rings (SSSR count). The predicted octanol–water partition coefficient (Wildman–Crippen LogP) is 8.98. The van der Waals surface area contributed by atoms with Crippen molar-refractivity contribution in [3.63, 3.8) is 0 Å². The van der Waals surface area contributed by atoms with Gasteiger partial charge in [0.25, 0.3) is 0 Å². The van der Waals surface area contributed by atoms with Crippen LogP contribution < -0.4 is 21.3 Å². The molecule has 3 aromatic heterocycles. The van der Waals surface area contributed by atoms with E-state index in [1.54, 1.807) is 17.5 Å². The van der Waals surface area contributed by atoms with Crippen LogP contribution in [0.4, 0.5) is 11.5 Å². The Morgan fingerprint density at radius 1 is 0.982 bits per heavy atom. The summed E-state index contributed by atoms with van der Waals surface area (Å²) in [6.45, 7) is 6.25. The highest BCUT2D eigenvalue weighted by atomic mass is 35.5. The van der Waals surface area contributed by atoms with Crippen LogP contribution in [0.25, 0.3) is 32.6 Å². The Hall–Kier alpha value is -4.13. The van der Waals surface area contributed by atoms with Crippen LogP contribution >= 0.6 is 34.5 Å². The van der Waals surface area contributed by atoms with Gasteiger partial charge in [-0.05, 0) is 87.6 Å². The van der Waals surface area contributed by atoms with Crippen LogP contribution in [0.2, 0.25) is 10.0 Å². The first-order valence-electron chi connectivity index (χ1n) is 19.1. The SMILES string of the molecule is CCc1nc(-c2cccc(-c3cccc(Nc4nccc5sc(CNC67CCC(C(=O)O)(CC6)CC7)nc45)c3Cl)c2Cl)cc(C)c1CNC[C@@H]1CCC(=O)N1. The second-order valence-electron chi connectivity index (χ2n) is 15.3. The van der Waals surface area contributed by atoms with E-state index in [0.29, 0.717) is 41.1 Å². The number of carboxylic acid groups (broad SMARTS) is 1. The monoisotopic (exact) mass is 797 g/mol. The number of aryl methyl sites for hydroxylation is 2. The van der Waals surface area contributed by atoms with Gasteiger partial charge in [0.15, 0.2) is 5.82 Å². The number of thiazole rings is 1. The zero-order valence-corrected chi connectivity index (χ0v) is 33.4. The molecular weight excluding hydrogens is 753 g/mol. The van der Waals surface area contributed by atoms with Gasteiger partial charge in [-0.2, -0.15) is 0 Å². The second-order valence-corrected chi connectivity index (χ2v) is 17.2. The van der Waals surface area contributed by atoms with Crippen LogP contribution in [-0.4, -0.2) is 50.1 Å². The summed E-state index contributed by atoms with van der Waals surface area (Å²) in [5, 5.41) is 25.6. The van der Waals surface area contributed by atoms with E-state index in [2.05, 4.69) is 46.2 Å². The molecule has 4 heterocycles. The summed E-state index contributed by atoms with van der Waals surface area (Å²) < 4.78 is 1.02. The maximum atomic E-state index is 11.9. The highest BCUT2D eigenvalue weighted by Crippen LogP contribution is 2.52. The third-order valence-electron chi connectivity index (χ3n) is 12.0. The summed E-state index contributed by atoms with van der Waals surface area (Å²) in [5.74, 6) is 0.101. The van der Waals surface area contributed by atoms with Gasteiger partial charge in [0.2, 0.25) is 5.91 Å². The highest BCUT2D eigenvalue weighted by Gasteiger charge is 2.52. The molecule has 2 bridgehead atoms. The number of carboxylic acids is 1. The number of carbonyl (C=O) groups excluding carboxylic acids is 1. The van der Waals surface area contributed by atoms with E-state index in [0.717, 1.165) is 107 Å². The molecule has 1 aliphatic heterocycles. The van der Waals surface area contributed by atoms with E-state index < -0.39 is 11.4 Å². The van der Waals surface area contributed by atoms with Crippen molar-refractivity contribution in [2.75, 3.05) is 11.9 Å². The minimum absolute atomic E-state index is 0.0221. The molecule has 286 valence electrons. The van der Waals surface area contributed by atoms with Gasteiger partial charge in [0, 0.05) is 66.2 Å². The molecule has 1 atom stereocenters. The lowest BCUT2D eigenvalue weighted by Gasteiger charge is -2.51. The number of pyridine rings is 2. The van der Waals surface area contributed by atoms with Gasteiger partial charge in [-0.3, -0.25) is 14.6 Å². The molecule has 13 heteroatoms. The summed E-state index contributed by atoms with van der Waals surface area (Å²) in [6.07, 6.45) is 8.84. The first-order valence-corrected chi connectivity index (χ1v) is 20.7. The topological polar surface area (TPSA) is 141 Å². The molecule has 4 aliphatic rings. The first kappa shape index (κ1) is 37.8. The number of fused-ring (bicyclic) bond motifs is 4. The zero-order chi connectivity index (χ0) is 38.3. The largest absolute Gasteiger partial charge is 0.481 e. The lowest BCUT2D eigenvalue weighted by Crippen LogP contribution is -2.56. The zero-order valence-electron chi connectivity index (χ0n) is 31.0. The highest BCUT2D eigenvalue weighted by molar-refractivity contribution is 7.18. The fourth-order valence-electron chi connectivity index (χ4n) is 8.64. The van der Waals surface area contributed by atoms with Gasteiger partial charge in [-0.1, -0.05) is 60.5 Å². The van der Waals surface area contributed by atoms with Crippen molar-refractivity contribution in [3.05, 3.63) is 86.6 Å². The number of amides is 1. The van der Waals surface area contributed by atoms with Gasteiger partial charge >= 0.3 is 5.97 Å². The third-order valence-corrected chi connectivity index (χ3v) is 13.9. The number of aliphatic carboxylic acids is 1. The van der Waals surface area contributed by atoms with Crippen molar-refractivity contribution < 1.29 is 14.7 Å². The summed E-state index contributed by atoms with van der Waals surface area (Å²) in [4.78, 5) is 38.3. The molecular formula is C42H45Cl2N7O3S. The standard InChI is InChI=1S/C42H45Cl2N7O3S/c1-3-30-29(22-45-21-25-10-11-34(52)48-25)24(2)20-32(49-30)28-8-4-6-26(36(28)43)27-7-5-9-31(37(27)44)50-39-38-33(12-19-46-39)55-35(51-38)23-47-42-16-13-41(14-17-42,15-18-42)40(53)54/h4-9,12,19-20,25,45,47H,3,10-11,13-18,21-23H2,1-2H3,(H,46,50)(H,48,52)(H,53,54)/t25-,41?,42?/m0/s1. The van der Waals surface area contributed by atoms with Gasteiger partial charge in [0.1, 0.15) is 10.5 Å². The molecule has 1 amide bonds. The molecule has 3 aliphatic carbocycles. The van der Waals surface area contributed by atoms with Crippen molar-refractivity contribution >= 4 is 68.1 Å². The molecule has 0 radical (unpaired) electrons. The van der Waals surface area contributed by atoms with Crippen LogP contribution in [0.15, 0.2) is 54.7 Å². The number of hydrogen-bond donors (Lipinski definition) is 5. The van der Waals surface area contributed by atoms with Crippen LogP contribution in [0.5, 0.6) is 0 Å². The smallest absolute Gasteiger partial charge is 0.309 e. The molecule has 3 saturated carbocycles. The summed E-state index contributed by atoms with van der Waals surface area (Å²) >= 11 is 16.0. The summed E-state index contributed by atoms with van der Waals surface area (Å²) in [6, 6.07) is 16.0.